The van der Waals surface area contributed by atoms with Crippen LogP contribution in [0.2, 0.25) is 0 Å². The second-order valence-corrected chi connectivity index (χ2v) is 7.65. The van der Waals surface area contributed by atoms with E-state index in [9.17, 15) is 13.6 Å². The first-order valence-corrected chi connectivity index (χ1v) is 10.3. The highest BCUT2D eigenvalue weighted by Gasteiger charge is 2.14. The molecule has 2 heterocycles. The Morgan fingerprint density at radius 1 is 1.10 bits per heavy atom. The van der Waals surface area contributed by atoms with Crippen molar-refractivity contribution in [2.75, 3.05) is 10.6 Å². The van der Waals surface area contributed by atoms with Gasteiger partial charge in [0.15, 0.2) is 10.9 Å². The summed E-state index contributed by atoms with van der Waals surface area (Å²) in [6.45, 7) is 0.967. The van der Waals surface area contributed by atoms with Crippen LogP contribution in [0.15, 0.2) is 66.3 Å². The molecule has 5 nitrogen and oxygen atoms in total. The number of alkyl halides is 1. The van der Waals surface area contributed by atoms with Gasteiger partial charge in [0.05, 0.1) is 11.4 Å². The van der Waals surface area contributed by atoms with Gasteiger partial charge in [-0.05, 0) is 42.8 Å². The summed E-state index contributed by atoms with van der Waals surface area (Å²) >= 11 is 1.44. The van der Waals surface area contributed by atoms with E-state index in [0.29, 0.717) is 16.4 Å². The summed E-state index contributed by atoms with van der Waals surface area (Å²) < 4.78 is 27.1. The van der Waals surface area contributed by atoms with E-state index in [1.807, 2.05) is 24.4 Å². The Labute approximate surface area is 181 Å². The van der Waals surface area contributed by atoms with Crippen LogP contribution in [0.4, 0.5) is 25.3 Å². The molecule has 0 saturated heterocycles. The first-order chi connectivity index (χ1) is 15.0. The molecule has 0 unspecified atom stereocenters. The first-order valence-electron chi connectivity index (χ1n) is 9.43. The number of carbonyl (C=O) groups is 1. The Hall–Kier alpha value is -3.65. The van der Waals surface area contributed by atoms with Crippen LogP contribution in [0, 0.1) is 12.7 Å². The second kappa shape index (κ2) is 9.01. The number of thiazole rings is 1. The van der Waals surface area contributed by atoms with Gasteiger partial charge < -0.3 is 10.6 Å². The summed E-state index contributed by atoms with van der Waals surface area (Å²) in [7, 11) is 0. The Kier molecular flexibility index (Phi) is 5.99. The highest BCUT2D eigenvalue weighted by atomic mass is 32.1. The van der Waals surface area contributed by atoms with Crippen LogP contribution < -0.4 is 10.6 Å². The number of halogens is 2. The van der Waals surface area contributed by atoms with Crippen molar-refractivity contribution in [2.45, 2.75) is 13.6 Å². The Morgan fingerprint density at radius 3 is 2.68 bits per heavy atom. The maximum absolute atomic E-state index is 14.2. The molecule has 8 heteroatoms. The van der Waals surface area contributed by atoms with Crippen LogP contribution in [0.25, 0.3) is 11.3 Å². The minimum absolute atomic E-state index is 0.0582. The van der Waals surface area contributed by atoms with Crippen LogP contribution in [0.1, 0.15) is 21.5 Å². The molecule has 0 aliphatic heterocycles. The molecule has 2 aromatic heterocycles. The molecule has 4 rings (SSSR count). The summed E-state index contributed by atoms with van der Waals surface area (Å²) in [5, 5.41) is 8.36. The highest BCUT2D eigenvalue weighted by Crippen LogP contribution is 2.29. The molecule has 0 aliphatic rings. The van der Waals surface area contributed by atoms with Crippen LogP contribution in [0.5, 0.6) is 0 Å². The van der Waals surface area contributed by atoms with Crippen LogP contribution in [-0.4, -0.2) is 15.9 Å². The number of hydrogen-bond acceptors (Lipinski definition) is 5. The number of rotatable bonds is 6. The molecule has 0 bridgehead atoms. The lowest BCUT2D eigenvalue weighted by Gasteiger charge is -2.11. The summed E-state index contributed by atoms with van der Waals surface area (Å²) in [4.78, 5) is 21.2. The van der Waals surface area contributed by atoms with E-state index in [-0.39, 0.29) is 11.3 Å². The highest BCUT2D eigenvalue weighted by molar-refractivity contribution is 7.14. The van der Waals surface area contributed by atoms with E-state index in [0.717, 1.165) is 16.8 Å². The number of anilines is 3. The third kappa shape index (κ3) is 4.59. The van der Waals surface area contributed by atoms with Crippen molar-refractivity contribution in [1.82, 2.24) is 9.97 Å². The third-order valence-electron chi connectivity index (χ3n) is 4.69. The zero-order valence-corrected chi connectivity index (χ0v) is 17.3. The number of nitrogens with zero attached hydrogens (tertiary/aromatic N) is 2. The van der Waals surface area contributed by atoms with Crippen LogP contribution in [0.3, 0.4) is 0 Å². The monoisotopic (exact) mass is 436 g/mol. The Balaban J connectivity index is 1.54. The SMILES string of the molecule is Cc1ccc(C(=O)Nc2cccc(CF)c2F)cc1Nc1nc(-c2ccncc2)cs1. The minimum Gasteiger partial charge on any atom is -0.331 e. The average molecular weight is 436 g/mol. The molecule has 0 spiro atoms. The molecule has 0 aliphatic carbocycles. The van der Waals surface area contributed by atoms with Crippen LogP contribution in [-0.2, 0) is 6.67 Å². The van der Waals surface area contributed by atoms with Crippen molar-refractivity contribution in [3.8, 4) is 11.3 Å². The maximum atomic E-state index is 14.2. The molecule has 31 heavy (non-hydrogen) atoms. The molecule has 1 amide bonds. The van der Waals surface area contributed by atoms with Gasteiger partial charge in [-0.25, -0.2) is 13.8 Å². The van der Waals surface area contributed by atoms with Crippen molar-refractivity contribution in [1.29, 1.82) is 0 Å². The quantitative estimate of drug-likeness (QED) is 0.382. The largest absolute Gasteiger partial charge is 0.331 e. The predicted molar refractivity (Wildman–Crippen MR) is 119 cm³/mol. The molecule has 0 saturated carbocycles. The van der Waals surface area contributed by atoms with Crippen molar-refractivity contribution >= 4 is 33.8 Å². The fourth-order valence-electron chi connectivity index (χ4n) is 2.97. The van der Waals surface area contributed by atoms with Gasteiger partial charge in [-0.2, -0.15) is 0 Å². The van der Waals surface area contributed by atoms with E-state index in [1.165, 1.54) is 29.5 Å². The van der Waals surface area contributed by atoms with Gasteiger partial charge in [-0.1, -0.05) is 18.2 Å². The third-order valence-corrected chi connectivity index (χ3v) is 5.45. The van der Waals surface area contributed by atoms with E-state index >= 15 is 0 Å². The zero-order chi connectivity index (χ0) is 21.8. The lowest BCUT2D eigenvalue weighted by Crippen LogP contribution is -2.14. The van der Waals surface area contributed by atoms with Crippen molar-refractivity contribution in [2.24, 2.45) is 0 Å². The van der Waals surface area contributed by atoms with E-state index < -0.39 is 18.4 Å². The van der Waals surface area contributed by atoms with E-state index in [1.54, 1.807) is 30.6 Å². The molecule has 156 valence electrons. The molecule has 0 atom stereocenters. The molecule has 2 aromatic carbocycles. The molecular formula is C23H18F2N4OS. The van der Waals surface area contributed by atoms with Gasteiger partial charge in [0.2, 0.25) is 0 Å². The lowest BCUT2D eigenvalue weighted by atomic mass is 10.1. The maximum Gasteiger partial charge on any atom is 0.255 e. The number of pyridine rings is 1. The predicted octanol–water partition coefficient (Wildman–Crippen LogP) is 6.12. The molecule has 4 aromatic rings. The topological polar surface area (TPSA) is 66.9 Å². The second-order valence-electron chi connectivity index (χ2n) is 6.79. The van der Waals surface area contributed by atoms with Gasteiger partial charge in [-0.3, -0.25) is 9.78 Å². The number of hydrogen-bond donors (Lipinski definition) is 2. The molecule has 0 radical (unpaired) electrons. The smallest absolute Gasteiger partial charge is 0.255 e. The number of benzene rings is 2. The molecule has 2 N–H and O–H groups in total. The van der Waals surface area contributed by atoms with Gasteiger partial charge >= 0.3 is 0 Å². The number of aryl methyl sites for hydroxylation is 1. The van der Waals surface area contributed by atoms with E-state index in [4.69, 9.17) is 0 Å². The van der Waals surface area contributed by atoms with Crippen molar-refractivity contribution < 1.29 is 13.6 Å². The van der Waals surface area contributed by atoms with Crippen LogP contribution >= 0.6 is 11.3 Å². The van der Waals surface area contributed by atoms with Gasteiger partial charge in [0, 0.05) is 40.2 Å². The number of aromatic nitrogens is 2. The average Bonchev–Trinajstić information content (AvgIpc) is 3.26. The van der Waals surface area contributed by atoms with Gasteiger partial charge in [-0.15, -0.1) is 11.3 Å². The zero-order valence-electron chi connectivity index (χ0n) is 16.5. The minimum atomic E-state index is -0.941. The standard InChI is InChI=1S/C23H18F2N4OS/c1-14-5-6-16(22(30)27-18-4-2-3-17(12-24)21(18)25)11-19(14)28-23-29-20(13-31-23)15-7-9-26-10-8-15/h2-11,13H,12H2,1H3,(H,27,30)(H,28,29). The molecular weight excluding hydrogens is 418 g/mol. The normalized spacial score (nSPS) is 10.7. The fraction of sp³-hybridized carbons (Fsp3) is 0.0870. The Bertz CT molecular complexity index is 1230. The molecule has 0 fully saturated rings. The number of nitrogens with one attached hydrogen (secondary N) is 2. The summed E-state index contributed by atoms with van der Waals surface area (Å²) in [6.07, 6.45) is 3.42. The lowest BCUT2D eigenvalue weighted by molar-refractivity contribution is 0.102. The Morgan fingerprint density at radius 2 is 1.90 bits per heavy atom. The van der Waals surface area contributed by atoms with Crippen molar-refractivity contribution in [3.05, 3.63) is 88.8 Å². The fourth-order valence-corrected chi connectivity index (χ4v) is 3.71. The number of carbonyl (C=O) groups excluding carboxylic acids is 1. The summed E-state index contributed by atoms with van der Waals surface area (Å²) in [5.41, 5.74) is 3.59. The van der Waals surface area contributed by atoms with E-state index in [2.05, 4.69) is 20.6 Å². The summed E-state index contributed by atoms with van der Waals surface area (Å²) in [5.74, 6) is -1.26. The summed E-state index contributed by atoms with van der Waals surface area (Å²) in [6, 6.07) is 13.1. The van der Waals surface area contributed by atoms with Crippen molar-refractivity contribution in [3.63, 3.8) is 0 Å². The van der Waals surface area contributed by atoms with Gasteiger partial charge in [0.25, 0.3) is 5.91 Å². The van der Waals surface area contributed by atoms with Gasteiger partial charge in [0.1, 0.15) is 6.67 Å². The number of amides is 1. The first kappa shape index (κ1) is 20.6.